The van der Waals surface area contributed by atoms with Gasteiger partial charge in [0, 0.05) is 28.8 Å². The maximum Gasteiger partial charge on any atom is 0.307 e. The molecule has 1 N–H and O–H groups in total. The molecule has 9 heteroatoms. The summed E-state index contributed by atoms with van der Waals surface area (Å²) in [7, 11) is -2.97. The van der Waals surface area contributed by atoms with Gasteiger partial charge in [0.2, 0.25) is 5.88 Å². The van der Waals surface area contributed by atoms with Gasteiger partial charge < -0.3 is 14.6 Å². The predicted octanol–water partition coefficient (Wildman–Crippen LogP) is 5.97. The number of hydrogen-bond acceptors (Lipinski definition) is 6. The van der Waals surface area contributed by atoms with Crippen LogP contribution in [0.5, 0.6) is 5.88 Å². The summed E-state index contributed by atoms with van der Waals surface area (Å²) in [5.41, 5.74) is 4.57. The molecule has 1 saturated heterocycles. The van der Waals surface area contributed by atoms with Crippen LogP contribution in [-0.2, 0) is 19.4 Å². The molecule has 2 aliphatic carbocycles. The molecular formula is C31H34FNO6S. The number of aryl methyl sites for hydroxylation is 1. The quantitative estimate of drug-likeness (QED) is 0.392. The maximum atomic E-state index is 14.9. The minimum absolute atomic E-state index is 0.000790. The van der Waals surface area contributed by atoms with Crippen molar-refractivity contribution in [1.82, 2.24) is 4.98 Å². The van der Waals surface area contributed by atoms with E-state index in [4.69, 9.17) is 9.47 Å². The molecule has 2 saturated carbocycles. The van der Waals surface area contributed by atoms with Crippen LogP contribution >= 0.6 is 0 Å². The molecule has 2 aromatic rings. The summed E-state index contributed by atoms with van der Waals surface area (Å²) in [6, 6.07) is 8.52. The van der Waals surface area contributed by atoms with Gasteiger partial charge in [0.1, 0.15) is 23.8 Å². The zero-order valence-electron chi connectivity index (χ0n) is 22.9. The number of ether oxygens (including phenoxy) is 2. The van der Waals surface area contributed by atoms with Gasteiger partial charge in [-0.05, 0) is 93.0 Å². The molecule has 0 radical (unpaired) electrons. The van der Waals surface area contributed by atoms with Crippen molar-refractivity contribution >= 4 is 15.8 Å². The Balaban J connectivity index is 1.28. The van der Waals surface area contributed by atoms with Crippen LogP contribution in [0, 0.1) is 30.5 Å². The minimum atomic E-state index is -2.97. The summed E-state index contributed by atoms with van der Waals surface area (Å²) >= 11 is 0. The van der Waals surface area contributed by atoms with Crippen LogP contribution in [-0.4, -0.2) is 42.1 Å². The number of halogens is 1. The van der Waals surface area contributed by atoms with Crippen molar-refractivity contribution in [2.45, 2.75) is 52.2 Å². The van der Waals surface area contributed by atoms with Gasteiger partial charge in [-0.15, -0.1) is 0 Å². The van der Waals surface area contributed by atoms with Crippen LogP contribution in [0.1, 0.15) is 50.5 Å². The number of fused-ring (bicyclic) bond motifs is 1. The first-order valence-corrected chi connectivity index (χ1v) is 15.4. The van der Waals surface area contributed by atoms with Gasteiger partial charge in [0.25, 0.3) is 0 Å². The molecule has 1 aromatic carbocycles. The van der Waals surface area contributed by atoms with Crippen LogP contribution in [0.2, 0.25) is 0 Å². The average molecular weight is 568 g/mol. The first kappa shape index (κ1) is 28.1. The number of pyridine rings is 1. The van der Waals surface area contributed by atoms with Gasteiger partial charge in [-0.3, -0.25) is 4.79 Å². The van der Waals surface area contributed by atoms with E-state index in [1.165, 1.54) is 6.07 Å². The number of carbonyl (C=O) groups is 1. The topological polar surface area (TPSA) is 103 Å². The van der Waals surface area contributed by atoms with Crippen molar-refractivity contribution in [3.63, 3.8) is 0 Å². The van der Waals surface area contributed by atoms with Gasteiger partial charge in [-0.2, -0.15) is 0 Å². The number of aliphatic carboxylic acids is 1. The third kappa shape index (κ3) is 5.70. The fourth-order valence-corrected chi connectivity index (χ4v) is 7.35. The van der Waals surface area contributed by atoms with Crippen LogP contribution in [0.3, 0.4) is 0 Å². The van der Waals surface area contributed by atoms with E-state index in [2.05, 4.69) is 11.6 Å². The smallest absolute Gasteiger partial charge is 0.307 e. The van der Waals surface area contributed by atoms with Crippen LogP contribution in [0.25, 0.3) is 11.1 Å². The van der Waals surface area contributed by atoms with Gasteiger partial charge in [0.15, 0.2) is 9.84 Å². The second-order valence-corrected chi connectivity index (χ2v) is 13.2. The lowest BCUT2D eigenvalue weighted by molar-refractivity contribution is -0.139. The zero-order chi connectivity index (χ0) is 28.8. The zero-order valence-corrected chi connectivity index (χ0v) is 23.7. The molecule has 1 aromatic heterocycles. The fraction of sp³-hybridized carbons (Fsp3) is 0.419. The van der Waals surface area contributed by atoms with E-state index in [0.717, 1.165) is 22.3 Å². The highest BCUT2D eigenvalue weighted by molar-refractivity contribution is 7.91. The summed E-state index contributed by atoms with van der Waals surface area (Å²) in [5.74, 6) is -0.105. The molecular weight excluding hydrogens is 533 g/mol. The van der Waals surface area contributed by atoms with E-state index in [1.807, 2.05) is 32.1 Å². The number of carboxylic acids is 1. The molecule has 7 nitrogen and oxygen atoms in total. The number of sulfone groups is 1. The van der Waals surface area contributed by atoms with Gasteiger partial charge in [-0.1, -0.05) is 12.6 Å². The first-order valence-electron chi connectivity index (χ1n) is 13.6. The Labute approximate surface area is 234 Å². The summed E-state index contributed by atoms with van der Waals surface area (Å²) in [6.45, 7) is 9.60. The normalized spacial score (nSPS) is 25.9. The highest BCUT2D eigenvalue weighted by Gasteiger charge is 2.60. The Bertz CT molecular complexity index is 1510. The lowest BCUT2D eigenvalue weighted by Gasteiger charge is -2.23. The third-order valence-electron chi connectivity index (χ3n) is 8.23. The van der Waals surface area contributed by atoms with Crippen molar-refractivity contribution in [3.8, 4) is 17.0 Å². The standard InChI is InChI=1S/C31H34FNO6S/c1-5-22(14-21-16-26-29(17(21)2)30(26)31(34)35)38-19(4)25-15-20(6-8-27(25)32)24-7-9-28(33-18(24)3)39-23-10-12-40(36,37)13-11-23/h5-9,14-15,19,23,26,29-30H,2,10-13,16H2,1,3-4H3,(H,34,35)/b21-14-,22-5+/t19?,26-,29+,30+/m1/s1. The van der Waals surface area contributed by atoms with Gasteiger partial charge in [0.05, 0.1) is 17.4 Å². The number of hydrogen-bond donors (Lipinski definition) is 1. The SMILES string of the molecule is C=C1/C(=C\C(=C/C)OC(C)c2cc(-c3ccc(OC4CCS(=O)(=O)CC4)nc3C)ccc2F)C[C@@H]2[C@H]1[C@H]2C(=O)O. The molecule has 212 valence electrons. The van der Waals surface area contributed by atoms with Crippen molar-refractivity contribution in [3.05, 3.63) is 83.0 Å². The van der Waals surface area contributed by atoms with E-state index in [9.17, 15) is 22.7 Å². The van der Waals surface area contributed by atoms with Crippen molar-refractivity contribution in [2.75, 3.05) is 11.5 Å². The Kier molecular flexibility index (Phi) is 7.61. The first-order chi connectivity index (χ1) is 19.0. The second kappa shape index (κ2) is 10.8. The van der Waals surface area contributed by atoms with Crippen molar-refractivity contribution < 1.29 is 32.2 Å². The average Bonchev–Trinajstić information content (AvgIpc) is 3.54. The Morgan fingerprint density at radius 1 is 1.23 bits per heavy atom. The number of allylic oxidation sites excluding steroid dienone is 4. The summed E-state index contributed by atoms with van der Waals surface area (Å²) < 4.78 is 50.4. The van der Waals surface area contributed by atoms with Crippen molar-refractivity contribution in [2.24, 2.45) is 17.8 Å². The fourth-order valence-electron chi connectivity index (χ4n) is 5.90. The molecule has 4 atom stereocenters. The van der Waals surface area contributed by atoms with Gasteiger partial charge >= 0.3 is 5.97 Å². The largest absolute Gasteiger partial charge is 0.486 e. The summed E-state index contributed by atoms with van der Waals surface area (Å²) in [6.07, 6.45) is 4.49. The third-order valence-corrected chi connectivity index (χ3v) is 9.95. The van der Waals surface area contributed by atoms with Crippen LogP contribution in [0.15, 0.2) is 66.0 Å². The Morgan fingerprint density at radius 2 is 1.95 bits per heavy atom. The lowest BCUT2D eigenvalue weighted by Crippen LogP contribution is -2.30. The maximum absolute atomic E-state index is 14.9. The predicted molar refractivity (Wildman–Crippen MR) is 150 cm³/mol. The number of rotatable bonds is 8. The molecule has 5 rings (SSSR count). The minimum Gasteiger partial charge on any atom is -0.486 e. The summed E-state index contributed by atoms with van der Waals surface area (Å²) in [5, 5.41) is 9.32. The van der Waals surface area contributed by atoms with Crippen LogP contribution < -0.4 is 4.74 Å². The number of benzene rings is 1. The van der Waals surface area contributed by atoms with Crippen molar-refractivity contribution in [1.29, 1.82) is 0 Å². The molecule has 0 amide bonds. The van der Waals surface area contributed by atoms with E-state index in [-0.39, 0.29) is 41.2 Å². The molecule has 1 unspecified atom stereocenters. The number of nitrogens with zero attached hydrogens (tertiary/aromatic N) is 1. The molecule has 2 heterocycles. The van der Waals surface area contributed by atoms with E-state index < -0.39 is 21.9 Å². The number of carboxylic acid groups (broad SMARTS) is 1. The molecule has 0 spiro atoms. The Morgan fingerprint density at radius 3 is 2.55 bits per heavy atom. The molecule has 40 heavy (non-hydrogen) atoms. The molecule has 0 bridgehead atoms. The lowest BCUT2D eigenvalue weighted by atomic mass is 9.99. The summed E-state index contributed by atoms with van der Waals surface area (Å²) in [4.78, 5) is 15.9. The highest BCUT2D eigenvalue weighted by atomic mass is 32.2. The number of aromatic nitrogens is 1. The highest BCUT2D eigenvalue weighted by Crippen LogP contribution is 2.62. The molecule has 1 aliphatic heterocycles. The van der Waals surface area contributed by atoms with E-state index in [1.54, 1.807) is 25.1 Å². The van der Waals surface area contributed by atoms with Gasteiger partial charge in [-0.25, -0.2) is 17.8 Å². The second-order valence-electron chi connectivity index (χ2n) is 10.9. The molecule has 3 fully saturated rings. The monoisotopic (exact) mass is 567 g/mol. The molecule has 3 aliphatic rings. The van der Waals surface area contributed by atoms with E-state index >= 15 is 0 Å². The van der Waals surface area contributed by atoms with E-state index in [0.29, 0.717) is 42.2 Å². The van der Waals surface area contributed by atoms with Crippen LogP contribution in [0.4, 0.5) is 4.39 Å². The Hall–Kier alpha value is -3.46.